The van der Waals surface area contributed by atoms with Crippen molar-refractivity contribution in [2.45, 2.75) is 33.8 Å². The molecule has 0 unspecified atom stereocenters. The number of hydrogen-bond acceptors (Lipinski definition) is 2. The summed E-state index contributed by atoms with van der Waals surface area (Å²) in [5.74, 6) is -0.507. The second-order valence-electron chi connectivity index (χ2n) is 5.58. The molecule has 0 aromatic heterocycles. The van der Waals surface area contributed by atoms with Gasteiger partial charge in [0.15, 0.2) is 0 Å². The third kappa shape index (κ3) is 4.84. The van der Waals surface area contributed by atoms with E-state index in [-0.39, 0.29) is 23.7 Å². The first-order chi connectivity index (χ1) is 8.29. The SMILES string of the molecule is CC(C)(C)CCOCc1ccc(C(=N)N)cc1F. The van der Waals surface area contributed by atoms with E-state index in [1.54, 1.807) is 12.1 Å². The van der Waals surface area contributed by atoms with Crippen LogP contribution in [0, 0.1) is 16.6 Å². The lowest BCUT2D eigenvalue weighted by Crippen LogP contribution is -2.12. The summed E-state index contributed by atoms with van der Waals surface area (Å²) in [5, 5.41) is 7.22. The number of hydrogen-bond donors (Lipinski definition) is 2. The van der Waals surface area contributed by atoms with E-state index in [0.29, 0.717) is 17.7 Å². The molecule has 4 heteroatoms. The molecule has 0 amide bonds. The lowest BCUT2D eigenvalue weighted by Gasteiger charge is -2.17. The monoisotopic (exact) mass is 252 g/mol. The van der Waals surface area contributed by atoms with E-state index >= 15 is 0 Å². The number of nitrogens with two attached hydrogens (primary N) is 1. The maximum Gasteiger partial charge on any atom is 0.129 e. The van der Waals surface area contributed by atoms with Crippen LogP contribution in [0.25, 0.3) is 0 Å². The molecule has 0 fully saturated rings. The fourth-order valence-corrected chi connectivity index (χ4v) is 1.39. The van der Waals surface area contributed by atoms with Gasteiger partial charge in [-0.25, -0.2) is 4.39 Å². The Balaban J connectivity index is 2.51. The highest BCUT2D eigenvalue weighted by molar-refractivity contribution is 5.94. The Morgan fingerprint density at radius 2 is 2.06 bits per heavy atom. The Labute approximate surface area is 108 Å². The molecule has 0 aliphatic heterocycles. The number of ether oxygens (including phenoxy) is 1. The van der Waals surface area contributed by atoms with Crippen LogP contribution in [0.15, 0.2) is 18.2 Å². The van der Waals surface area contributed by atoms with Crippen LogP contribution in [-0.2, 0) is 11.3 Å². The van der Waals surface area contributed by atoms with Crippen molar-refractivity contribution in [1.29, 1.82) is 5.41 Å². The Kier molecular flexibility index (Phi) is 4.84. The molecular weight excluding hydrogens is 231 g/mol. The van der Waals surface area contributed by atoms with Gasteiger partial charge in [-0.15, -0.1) is 0 Å². The van der Waals surface area contributed by atoms with Crippen molar-refractivity contribution < 1.29 is 9.13 Å². The van der Waals surface area contributed by atoms with Crippen molar-refractivity contribution in [3.63, 3.8) is 0 Å². The molecule has 18 heavy (non-hydrogen) atoms. The van der Waals surface area contributed by atoms with Gasteiger partial charge in [-0.1, -0.05) is 32.9 Å². The molecule has 1 aromatic rings. The minimum atomic E-state index is -0.376. The summed E-state index contributed by atoms with van der Waals surface area (Å²) in [6.45, 7) is 7.27. The average molecular weight is 252 g/mol. The van der Waals surface area contributed by atoms with Crippen molar-refractivity contribution in [2.75, 3.05) is 6.61 Å². The summed E-state index contributed by atoms with van der Waals surface area (Å²) in [5.41, 5.74) is 6.40. The maximum atomic E-state index is 13.6. The van der Waals surface area contributed by atoms with Crippen molar-refractivity contribution in [2.24, 2.45) is 11.1 Å². The van der Waals surface area contributed by atoms with Crippen LogP contribution in [-0.4, -0.2) is 12.4 Å². The van der Waals surface area contributed by atoms with Crippen molar-refractivity contribution >= 4 is 5.84 Å². The summed E-state index contributed by atoms with van der Waals surface area (Å²) in [6, 6.07) is 4.52. The third-order valence-electron chi connectivity index (χ3n) is 2.62. The minimum Gasteiger partial charge on any atom is -0.384 e. The highest BCUT2D eigenvalue weighted by Crippen LogP contribution is 2.18. The normalized spacial score (nSPS) is 11.6. The Hall–Kier alpha value is -1.42. The van der Waals surface area contributed by atoms with Crippen LogP contribution >= 0.6 is 0 Å². The topological polar surface area (TPSA) is 59.1 Å². The van der Waals surface area contributed by atoms with Gasteiger partial charge in [0.25, 0.3) is 0 Å². The molecule has 0 spiro atoms. The lowest BCUT2D eigenvalue weighted by molar-refractivity contribution is 0.0943. The summed E-state index contributed by atoms with van der Waals surface area (Å²) < 4.78 is 19.1. The van der Waals surface area contributed by atoms with Crippen LogP contribution in [0.3, 0.4) is 0 Å². The number of nitrogens with one attached hydrogen (secondary N) is 1. The molecule has 0 aliphatic rings. The van der Waals surface area contributed by atoms with Gasteiger partial charge >= 0.3 is 0 Å². The van der Waals surface area contributed by atoms with Gasteiger partial charge in [0.1, 0.15) is 11.7 Å². The van der Waals surface area contributed by atoms with Gasteiger partial charge < -0.3 is 10.5 Å². The van der Waals surface area contributed by atoms with E-state index in [9.17, 15) is 4.39 Å². The summed E-state index contributed by atoms with van der Waals surface area (Å²) in [6.07, 6.45) is 0.931. The zero-order valence-corrected chi connectivity index (χ0v) is 11.2. The molecular formula is C14H21FN2O. The molecule has 0 aliphatic carbocycles. The highest BCUT2D eigenvalue weighted by atomic mass is 19.1. The standard InChI is InChI=1S/C14H21FN2O/c1-14(2,3)6-7-18-9-11-5-4-10(13(16)17)8-12(11)15/h4-5,8H,6-7,9H2,1-3H3,(H3,16,17). The Morgan fingerprint density at radius 3 is 2.56 bits per heavy atom. The van der Waals surface area contributed by atoms with Crippen molar-refractivity contribution in [3.8, 4) is 0 Å². The van der Waals surface area contributed by atoms with Gasteiger partial charge in [0, 0.05) is 17.7 Å². The maximum absolute atomic E-state index is 13.6. The van der Waals surface area contributed by atoms with E-state index in [1.807, 2.05) is 0 Å². The van der Waals surface area contributed by atoms with Gasteiger partial charge in [-0.3, -0.25) is 5.41 Å². The molecule has 3 N–H and O–H groups in total. The van der Waals surface area contributed by atoms with Crippen molar-refractivity contribution in [1.82, 2.24) is 0 Å². The predicted octanol–water partition coefficient (Wildman–Crippen LogP) is 3.06. The lowest BCUT2D eigenvalue weighted by atomic mass is 9.93. The van der Waals surface area contributed by atoms with Crippen LogP contribution in [0.5, 0.6) is 0 Å². The molecule has 0 radical (unpaired) electrons. The molecule has 1 rings (SSSR count). The van der Waals surface area contributed by atoms with Gasteiger partial charge in [-0.05, 0) is 17.9 Å². The van der Waals surface area contributed by atoms with Crippen LogP contribution in [0.1, 0.15) is 38.3 Å². The van der Waals surface area contributed by atoms with Gasteiger partial charge in [-0.2, -0.15) is 0 Å². The first-order valence-electron chi connectivity index (χ1n) is 6.00. The molecule has 100 valence electrons. The molecule has 3 nitrogen and oxygen atoms in total. The smallest absolute Gasteiger partial charge is 0.129 e. The van der Waals surface area contributed by atoms with Crippen molar-refractivity contribution in [3.05, 3.63) is 35.1 Å². The number of nitrogen functional groups attached to an aromatic ring is 1. The van der Waals surface area contributed by atoms with E-state index in [4.69, 9.17) is 15.9 Å². The first-order valence-corrected chi connectivity index (χ1v) is 6.00. The van der Waals surface area contributed by atoms with E-state index in [1.165, 1.54) is 6.07 Å². The van der Waals surface area contributed by atoms with Crippen LogP contribution < -0.4 is 5.73 Å². The number of benzene rings is 1. The van der Waals surface area contributed by atoms with Crippen LogP contribution in [0.2, 0.25) is 0 Å². The quantitative estimate of drug-likeness (QED) is 0.480. The van der Waals surface area contributed by atoms with E-state index in [0.717, 1.165) is 6.42 Å². The second-order valence-corrected chi connectivity index (χ2v) is 5.58. The molecule has 0 bridgehead atoms. The summed E-state index contributed by atoms with van der Waals surface area (Å²) >= 11 is 0. The number of amidine groups is 1. The van der Waals surface area contributed by atoms with Crippen LogP contribution in [0.4, 0.5) is 4.39 Å². The number of rotatable bonds is 5. The predicted molar refractivity (Wildman–Crippen MR) is 71.1 cm³/mol. The van der Waals surface area contributed by atoms with Gasteiger partial charge in [0.05, 0.1) is 6.61 Å². The molecule has 1 aromatic carbocycles. The summed E-state index contributed by atoms with van der Waals surface area (Å²) in [7, 11) is 0. The number of halogens is 1. The minimum absolute atomic E-state index is 0.130. The zero-order chi connectivity index (χ0) is 13.8. The molecule has 0 atom stereocenters. The highest BCUT2D eigenvalue weighted by Gasteiger charge is 2.10. The average Bonchev–Trinajstić information content (AvgIpc) is 2.24. The van der Waals surface area contributed by atoms with E-state index < -0.39 is 0 Å². The summed E-state index contributed by atoms with van der Waals surface area (Å²) in [4.78, 5) is 0. The Bertz CT molecular complexity index is 424. The largest absolute Gasteiger partial charge is 0.384 e. The second kappa shape index (κ2) is 5.96. The molecule has 0 saturated heterocycles. The Morgan fingerprint density at radius 1 is 1.39 bits per heavy atom. The molecule has 0 saturated carbocycles. The van der Waals surface area contributed by atoms with E-state index in [2.05, 4.69) is 20.8 Å². The fraction of sp³-hybridized carbons (Fsp3) is 0.500. The molecule has 0 heterocycles. The van der Waals surface area contributed by atoms with Gasteiger partial charge in [0.2, 0.25) is 0 Å². The fourth-order valence-electron chi connectivity index (χ4n) is 1.39. The zero-order valence-electron chi connectivity index (χ0n) is 11.2. The third-order valence-corrected chi connectivity index (χ3v) is 2.62. The first kappa shape index (κ1) is 14.6.